The van der Waals surface area contributed by atoms with E-state index in [9.17, 15) is 9.90 Å². The highest BCUT2D eigenvalue weighted by Crippen LogP contribution is 2.29. The number of hydrogen-bond acceptors (Lipinski definition) is 3. The lowest BCUT2D eigenvalue weighted by Gasteiger charge is -2.27. The Bertz CT molecular complexity index is 378. The van der Waals surface area contributed by atoms with Gasteiger partial charge in [0.25, 0.3) is 0 Å². The number of nitrogens with two attached hydrogens (primary N) is 1. The Hall–Kier alpha value is -1.81. The van der Waals surface area contributed by atoms with Crippen molar-refractivity contribution in [1.82, 2.24) is 0 Å². The van der Waals surface area contributed by atoms with Gasteiger partial charge in [-0.3, -0.25) is 0 Å². The highest BCUT2D eigenvalue weighted by molar-refractivity contribution is 5.64. The molecular weight excluding hydrogens is 218 g/mol. The van der Waals surface area contributed by atoms with E-state index in [-0.39, 0.29) is 13.0 Å². The molecule has 0 aliphatic carbocycles. The number of rotatable bonds is 6. The molecule has 1 rings (SSSR count). The number of benzene rings is 1. The first kappa shape index (κ1) is 13.3. The minimum absolute atomic E-state index is 0.0779. The molecule has 0 aliphatic rings. The quantitative estimate of drug-likeness (QED) is 0.740. The lowest BCUT2D eigenvalue weighted by molar-refractivity contribution is 0.0114. The molecule has 0 spiro atoms. The van der Waals surface area contributed by atoms with Crippen LogP contribution in [0.2, 0.25) is 0 Å². The second-order valence-corrected chi connectivity index (χ2v) is 3.81. The molecule has 1 aromatic rings. The topological polar surface area (TPSA) is 72.6 Å². The minimum Gasteiger partial charge on any atom is -0.450 e. The Kier molecular flexibility index (Phi) is 4.72. The molecule has 0 radical (unpaired) electrons. The molecule has 3 N–H and O–H groups in total. The van der Waals surface area contributed by atoms with Gasteiger partial charge in [0.05, 0.1) is 12.2 Å². The normalized spacial score (nSPS) is 13.7. The predicted molar refractivity (Wildman–Crippen MR) is 65.3 cm³/mol. The van der Waals surface area contributed by atoms with Crippen molar-refractivity contribution in [3.63, 3.8) is 0 Å². The second kappa shape index (κ2) is 6.06. The molecule has 0 saturated carbocycles. The summed E-state index contributed by atoms with van der Waals surface area (Å²) in [4.78, 5) is 10.5. The van der Waals surface area contributed by atoms with Crippen molar-refractivity contribution in [1.29, 1.82) is 0 Å². The summed E-state index contributed by atoms with van der Waals surface area (Å²) < 4.78 is 4.65. The van der Waals surface area contributed by atoms with E-state index in [4.69, 9.17) is 5.73 Å². The van der Waals surface area contributed by atoms with E-state index in [0.717, 1.165) is 5.56 Å². The fourth-order valence-corrected chi connectivity index (χ4v) is 1.67. The number of ether oxygens (including phenoxy) is 1. The second-order valence-electron chi connectivity index (χ2n) is 3.81. The zero-order chi connectivity index (χ0) is 12.7. The molecule has 0 bridgehead atoms. The van der Waals surface area contributed by atoms with E-state index in [0.29, 0.717) is 6.42 Å². The molecular formula is C13H17NO3. The number of carbonyl (C=O) groups excluding carboxylic acids is 1. The van der Waals surface area contributed by atoms with Gasteiger partial charge in [-0.15, -0.1) is 6.58 Å². The average molecular weight is 235 g/mol. The molecule has 1 unspecified atom stereocenters. The zero-order valence-electron chi connectivity index (χ0n) is 9.63. The van der Waals surface area contributed by atoms with Gasteiger partial charge in [0, 0.05) is 6.42 Å². The number of primary amides is 1. The summed E-state index contributed by atoms with van der Waals surface area (Å²) in [7, 11) is 0. The molecule has 1 aromatic carbocycles. The Balaban J connectivity index is 2.75. The van der Waals surface area contributed by atoms with E-state index < -0.39 is 11.7 Å². The highest BCUT2D eigenvalue weighted by Gasteiger charge is 2.27. The monoisotopic (exact) mass is 235 g/mol. The van der Waals surface area contributed by atoms with Gasteiger partial charge in [0.2, 0.25) is 0 Å². The van der Waals surface area contributed by atoms with E-state index in [1.54, 1.807) is 6.08 Å². The molecule has 0 aromatic heterocycles. The molecule has 0 fully saturated rings. The van der Waals surface area contributed by atoms with E-state index in [2.05, 4.69) is 11.3 Å². The standard InChI is InChI=1S/C13H17NO3/c1-2-8-13(16,9-10-17-12(14)15)11-6-4-3-5-7-11/h2-7,16H,1,8-10H2,(H2,14,15). The van der Waals surface area contributed by atoms with Gasteiger partial charge in [-0.2, -0.15) is 0 Å². The van der Waals surface area contributed by atoms with Gasteiger partial charge in [-0.1, -0.05) is 36.4 Å². The van der Waals surface area contributed by atoms with Crippen LogP contribution in [0.5, 0.6) is 0 Å². The number of aliphatic hydroxyl groups is 1. The van der Waals surface area contributed by atoms with Crippen LogP contribution in [0.25, 0.3) is 0 Å². The fraction of sp³-hybridized carbons (Fsp3) is 0.308. The van der Waals surface area contributed by atoms with Crippen LogP contribution in [0.1, 0.15) is 18.4 Å². The first-order valence-electron chi connectivity index (χ1n) is 5.39. The summed E-state index contributed by atoms with van der Waals surface area (Å²) in [6.45, 7) is 3.70. The SMILES string of the molecule is C=CCC(O)(CCOC(N)=O)c1ccccc1. The third-order valence-corrected chi connectivity index (χ3v) is 2.55. The van der Waals surface area contributed by atoms with Gasteiger partial charge >= 0.3 is 6.09 Å². The predicted octanol–water partition coefficient (Wildman–Crippen LogP) is 1.94. The minimum atomic E-state index is -1.07. The van der Waals surface area contributed by atoms with Gasteiger partial charge < -0.3 is 15.6 Å². The van der Waals surface area contributed by atoms with Gasteiger partial charge in [0.1, 0.15) is 0 Å². The Morgan fingerprint density at radius 1 is 1.47 bits per heavy atom. The van der Waals surface area contributed by atoms with E-state index in [1.807, 2.05) is 30.3 Å². The fourth-order valence-electron chi connectivity index (χ4n) is 1.67. The third-order valence-electron chi connectivity index (χ3n) is 2.55. The Labute approximate surface area is 101 Å². The third kappa shape index (κ3) is 3.92. The lowest BCUT2D eigenvalue weighted by Crippen LogP contribution is -2.28. The van der Waals surface area contributed by atoms with Crippen LogP contribution in [-0.4, -0.2) is 17.8 Å². The van der Waals surface area contributed by atoms with Crippen LogP contribution in [-0.2, 0) is 10.3 Å². The molecule has 0 heterocycles. The first-order chi connectivity index (χ1) is 8.08. The van der Waals surface area contributed by atoms with Gasteiger partial charge in [0.15, 0.2) is 0 Å². The lowest BCUT2D eigenvalue weighted by atomic mass is 9.87. The summed E-state index contributed by atoms with van der Waals surface area (Å²) >= 11 is 0. The summed E-state index contributed by atoms with van der Waals surface area (Å²) in [6.07, 6.45) is 1.47. The maximum absolute atomic E-state index is 10.5. The Morgan fingerprint density at radius 2 is 2.12 bits per heavy atom. The zero-order valence-corrected chi connectivity index (χ0v) is 9.63. The molecule has 1 amide bonds. The van der Waals surface area contributed by atoms with Gasteiger partial charge in [-0.25, -0.2) is 4.79 Å². The number of hydrogen-bond donors (Lipinski definition) is 2. The van der Waals surface area contributed by atoms with Crippen LogP contribution in [0, 0.1) is 0 Å². The highest BCUT2D eigenvalue weighted by atomic mass is 16.5. The average Bonchev–Trinajstić information content (AvgIpc) is 2.30. The van der Waals surface area contributed by atoms with Crippen molar-refractivity contribution < 1.29 is 14.6 Å². The van der Waals surface area contributed by atoms with Crippen molar-refractivity contribution in [2.45, 2.75) is 18.4 Å². The maximum Gasteiger partial charge on any atom is 0.404 e. The van der Waals surface area contributed by atoms with Crippen molar-refractivity contribution in [2.24, 2.45) is 5.73 Å². The van der Waals surface area contributed by atoms with Crippen LogP contribution in [0.4, 0.5) is 4.79 Å². The molecule has 4 heteroatoms. The van der Waals surface area contributed by atoms with Crippen molar-refractivity contribution in [2.75, 3.05) is 6.61 Å². The van der Waals surface area contributed by atoms with Crippen molar-refractivity contribution in [3.8, 4) is 0 Å². The molecule has 0 saturated heterocycles. The Morgan fingerprint density at radius 3 is 2.65 bits per heavy atom. The maximum atomic E-state index is 10.5. The largest absolute Gasteiger partial charge is 0.450 e. The number of amides is 1. The number of carbonyl (C=O) groups is 1. The van der Waals surface area contributed by atoms with Gasteiger partial charge in [-0.05, 0) is 12.0 Å². The summed E-state index contributed by atoms with van der Waals surface area (Å²) in [6, 6.07) is 9.22. The van der Waals surface area contributed by atoms with Crippen molar-refractivity contribution >= 4 is 6.09 Å². The van der Waals surface area contributed by atoms with Crippen LogP contribution in [0.3, 0.4) is 0 Å². The van der Waals surface area contributed by atoms with Crippen LogP contribution in [0.15, 0.2) is 43.0 Å². The molecule has 4 nitrogen and oxygen atoms in total. The summed E-state index contributed by atoms with van der Waals surface area (Å²) in [5, 5.41) is 10.5. The summed E-state index contributed by atoms with van der Waals surface area (Å²) in [5.41, 5.74) is 4.57. The van der Waals surface area contributed by atoms with E-state index >= 15 is 0 Å². The molecule has 92 valence electrons. The van der Waals surface area contributed by atoms with Crippen LogP contribution < -0.4 is 5.73 Å². The molecule has 0 aliphatic heterocycles. The van der Waals surface area contributed by atoms with Crippen LogP contribution >= 0.6 is 0 Å². The molecule has 17 heavy (non-hydrogen) atoms. The summed E-state index contributed by atoms with van der Waals surface area (Å²) in [5.74, 6) is 0. The smallest absolute Gasteiger partial charge is 0.404 e. The van der Waals surface area contributed by atoms with E-state index in [1.165, 1.54) is 0 Å². The molecule has 1 atom stereocenters. The first-order valence-corrected chi connectivity index (χ1v) is 5.39. The van der Waals surface area contributed by atoms with Crippen molar-refractivity contribution in [3.05, 3.63) is 48.6 Å².